The fourth-order valence-corrected chi connectivity index (χ4v) is 2.91. The molecule has 3 heteroatoms. The third kappa shape index (κ3) is 10.5. The summed E-state index contributed by atoms with van der Waals surface area (Å²) in [5, 5.41) is 8.64. The molecule has 0 saturated heterocycles. The highest BCUT2D eigenvalue weighted by molar-refractivity contribution is 7.99. The zero-order chi connectivity index (χ0) is 12.2. The molecular weight excluding hydrogens is 218 g/mol. The first kappa shape index (κ1) is 16.0. The zero-order valence-electron chi connectivity index (χ0n) is 11.0. The normalized spacial score (nSPS) is 12.7. The number of aliphatic hydroxyl groups is 1. The Bertz CT molecular complexity index is 173. The van der Waals surface area contributed by atoms with E-state index >= 15 is 0 Å². The lowest BCUT2D eigenvalue weighted by atomic mass is 10.1. The predicted molar refractivity (Wildman–Crippen MR) is 74.8 cm³/mol. The molecule has 0 aromatic carbocycles. The van der Waals surface area contributed by atoms with E-state index in [-0.39, 0.29) is 0 Å². The smallest absolute Gasteiger partial charge is 0.145 e. The molecule has 0 heterocycles. The number of hydrogen-bond donors (Lipinski definition) is 1. The first-order valence-electron chi connectivity index (χ1n) is 6.41. The Morgan fingerprint density at radius 1 is 1.25 bits per heavy atom. The maximum atomic E-state index is 8.64. The minimum absolute atomic E-state index is 0.348. The summed E-state index contributed by atoms with van der Waals surface area (Å²) in [6.07, 6.45) is 5.95. The molecule has 16 heavy (non-hydrogen) atoms. The van der Waals surface area contributed by atoms with Gasteiger partial charge in [0.1, 0.15) is 20.3 Å². The molecule has 2 nitrogen and oxygen atoms in total. The maximum absolute atomic E-state index is 8.64. The average molecular weight is 246 g/mol. The molecule has 0 rings (SSSR count). The minimum Gasteiger partial charge on any atom is -0.396 e. The van der Waals surface area contributed by atoms with Crippen LogP contribution >= 0.6 is 11.8 Å². The second-order valence-electron chi connectivity index (χ2n) is 4.53. The van der Waals surface area contributed by atoms with Crippen molar-refractivity contribution in [1.82, 2.24) is 0 Å². The Kier molecular flexibility index (Phi) is 11.5. The number of hydrogen-bond acceptors (Lipinski definition) is 2. The van der Waals surface area contributed by atoms with Crippen molar-refractivity contribution in [3.05, 3.63) is 0 Å². The highest BCUT2D eigenvalue weighted by Crippen LogP contribution is 2.14. The average Bonchev–Trinajstić information content (AvgIpc) is 2.25. The first-order valence-corrected chi connectivity index (χ1v) is 7.56. The van der Waals surface area contributed by atoms with Crippen LogP contribution in [0, 0.1) is 5.92 Å². The number of thioether (sulfide) groups is 1. The van der Waals surface area contributed by atoms with E-state index in [9.17, 15) is 0 Å². The minimum atomic E-state index is 0.348. The van der Waals surface area contributed by atoms with Crippen LogP contribution in [0.3, 0.4) is 0 Å². The molecule has 1 atom stereocenters. The summed E-state index contributed by atoms with van der Waals surface area (Å²) in [5.41, 5.74) is 0. The highest BCUT2D eigenvalue weighted by atomic mass is 32.2. The molecule has 0 aromatic heterocycles. The summed E-state index contributed by atoms with van der Waals surface area (Å²) in [7, 11) is 2.04. The Hall–Kier alpha value is -0.0200. The lowest BCUT2D eigenvalue weighted by Gasteiger charge is -2.10. The number of nitrogens with zero attached hydrogens (tertiary/aromatic N) is 1. The van der Waals surface area contributed by atoms with E-state index in [1.807, 2.05) is 11.6 Å². The molecule has 0 radical (unpaired) electrons. The van der Waals surface area contributed by atoms with Gasteiger partial charge in [-0.3, -0.25) is 0 Å². The quantitative estimate of drug-likeness (QED) is 0.344. The summed E-state index contributed by atoms with van der Waals surface area (Å²) in [4.78, 5) is 0. The van der Waals surface area contributed by atoms with Gasteiger partial charge in [0.25, 0.3) is 0 Å². The van der Waals surface area contributed by atoms with Crippen LogP contribution in [0.2, 0.25) is 0 Å². The largest absolute Gasteiger partial charge is 0.396 e. The van der Waals surface area contributed by atoms with E-state index in [4.69, 9.17) is 5.11 Å². The highest BCUT2D eigenvalue weighted by Gasteiger charge is 2.09. The van der Waals surface area contributed by atoms with Crippen molar-refractivity contribution < 1.29 is 9.68 Å². The topological polar surface area (TPSA) is 23.2 Å². The van der Waals surface area contributed by atoms with Crippen LogP contribution in [-0.2, 0) is 0 Å². The monoisotopic (exact) mass is 246 g/mol. The molecule has 1 unspecified atom stereocenters. The van der Waals surface area contributed by atoms with Gasteiger partial charge in [0.05, 0.1) is 0 Å². The molecule has 0 amide bonds. The Labute approximate surface area is 105 Å². The molecule has 96 valence electrons. The van der Waals surface area contributed by atoms with E-state index in [0.717, 1.165) is 18.9 Å². The van der Waals surface area contributed by atoms with Crippen LogP contribution in [0.15, 0.2) is 0 Å². The van der Waals surface area contributed by atoms with Gasteiger partial charge in [0, 0.05) is 18.3 Å². The van der Waals surface area contributed by atoms with Crippen molar-refractivity contribution in [3.8, 4) is 0 Å². The molecular formula is C13H28NOS+. The first-order chi connectivity index (χ1) is 7.70. The molecule has 0 aliphatic carbocycles. The second kappa shape index (κ2) is 11.5. The van der Waals surface area contributed by atoms with Crippen molar-refractivity contribution in [1.29, 1.82) is 0 Å². The third-order valence-corrected chi connectivity index (χ3v) is 3.98. The van der Waals surface area contributed by atoms with Gasteiger partial charge in [0.2, 0.25) is 0 Å². The van der Waals surface area contributed by atoms with Crippen LogP contribution in [0.1, 0.15) is 39.0 Å². The summed E-state index contributed by atoms with van der Waals surface area (Å²) < 4.78 is 2.04. The van der Waals surface area contributed by atoms with E-state index in [2.05, 4.69) is 25.4 Å². The lowest BCUT2D eigenvalue weighted by molar-refractivity contribution is -0.495. The van der Waals surface area contributed by atoms with Gasteiger partial charge in [0.15, 0.2) is 0 Å². The molecule has 0 spiro atoms. The second-order valence-corrected chi connectivity index (χ2v) is 5.68. The number of unbranched alkanes of at least 4 members (excludes halogenated alkanes) is 3. The van der Waals surface area contributed by atoms with Crippen LogP contribution in [0.5, 0.6) is 0 Å². The van der Waals surface area contributed by atoms with Gasteiger partial charge in [-0.15, -0.1) is 0 Å². The van der Waals surface area contributed by atoms with Crippen LogP contribution < -0.4 is 0 Å². The molecule has 0 bridgehead atoms. The van der Waals surface area contributed by atoms with Crippen molar-refractivity contribution in [2.45, 2.75) is 39.0 Å². The van der Waals surface area contributed by atoms with Crippen molar-refractivity contribution in [3.63, 3.8) is 0 Å². The van der Waals surface area contributed by atoms with E-state index in [0.29, 0.717) is 6.61 Å². The fraction of sp³-hybridized carbons (Fsp3) is 0.923. The van der Waals surface area contributed by atoms with Gasteiger partial charge < -0.3 is 5.11 Å². The van der Waals surface area contributed by atoms with E-state index < -0.39 is 0 Å². The standard InChI is InChI=1S/C13H28NOS/c1-4-13(11-14(2)3)12-16-10-8-6-5-7-9-15/h13,15H,2,4-12H2,1,3H3/q+1. The van der Waals surface area contributed by atoms with Gasteiger partial charge >= 0.3 is 0 Å². The SMILES string of the molecule is C=[N+](C)CC(CC)CSCCCCCCO. The van der Waals surface area contributed by atoms with Crippen molar-refractivity contribution >= 4 is 18.5 Å². The van der Waals surface area contributed by atoms with Crippen molar-refractivity contribution in [2.24, 2.45) is 5.92 Å². The Morgan fingerprint density at radius 2 is 1.94 bits per heavy atom. The molecule has 0 aliphatic rings. The fourth-order valence-electron chi connectivity index (χ4n) is 1.66. The molecule has 0 fully saturated rings. The van der Waals surface area contributed by atoms with Crippen LogP contribution in [0.4, 0.5) is 0 Å². The maximum Gasteiger partial charge on any atom is 0.145 e. The van der Waals surface area contributed by atoms with Crippen molar-refractivity contribution in [2.75, 3.05) is 31.7 Å². The molecule has 0 aromatic rings. The predicted octanol–water partition coefficient (Wildman–Crippen LogP) is 2.64. The van der Waals surface area contributed by atoms with E-state index in [1.54, 1.807) is 0 Å². The van der Waals surface area contributed by atoms with Gasteiger partial charge in [-0.05, 0) is 25.0 Å². The number of rotatable bonds is 11. The van der Waals surface area contributed by atoms with E-state index in [1.165, 1.54) is 37.2 Å². The van der Waals surface area contributed by atoms with Crippen LogP contribution in [0.25, 0.3) is 0 Å². The summed E-state index contributed by atoms with van der Waals surface area (Å²) in [5.74, 6) is 3.31. The summed E-state index contributed by atoms with van der Waals surface area (Å²) in [6.45, 7) is 7.62. The summed E-state index contributed by atoms with van der Waals surface area (Å²) in [6, 6.07) is 0. The molecule has 0 saturated carbocycles. The van der Waals surface area contributed by atoms with Gasteiger partial charge in [-0.1, -0.05) is 19.8 Å². The third-order valence-electron chi connectivity index (χ3n) is 2.70. The number of aliphatic hydroxyl groups excluding tert-OH is 1. The molecule has 0 aliphatic heterocycles. The molecule has 1 N–H and O–H groups in total. The Balaban J connectivity index is 3.31. The van der Waals surface area contributed by atoms with Gasteiger partial charge in [-0.25, -0.2) is 4.58 Å². The summed E-state index contributed by atoms with van der Waals surface area (Å²) >= 11 is 2.07. The van der Waals surface area contributed by atoms with Gasteiger partial charge in [-0.2, -0.15) is 11.8 Å². The lowest BCUT2D eigenvalue weighted by Crippen LogP contribution is -2.17. The Morgan fingerprint density at radius 3 is 2.50 bits per heavy atom. The van der Waals surface area contributed by atoms with Crippen LogP contribution in [-0.4, -0.2) is 48.1 Å². The zero-order valence-corrected chi connectivity index (χ0v) is 11.8.